The summed E-state index contributed by atoms with van der Waals surface area (Å²) in [5.74, 6) is 0. The summed E-state index contributed by atoms with van der Waals surface area (Å²) < 4.78 is 5.01. The first-order chi connectivity index (χ1) is 34.2. The van der Waals surface area contributed by atoms with Gasteiger partial charge in [-0.05, 0) is 123 Å². The Balaban J connectivity index is 0.912. The molecular formula is C66H44N2S. The fourth-order valence-corrected chi connectivity index (χ4v) is 11.5. The minimum absolute atomic E-state index is 1.08. The van der Waals surface area contributed by atoms with E-state index in [9.17, 15) is 0 Å². The molecule has 0 aliphatic rings. The number of anilines is 3. The van der Waals surface area contributed by atoms with Crippen LogP contribution in [0.3, 0.4) is 0 Å². The highest BCUT2D eigenvalue weighted by atomic mass is 32.1. The Morgan fingerprint density at radius 3 is 1.35 bits per heavy atom. The van der Waals surface area contributed by atoms with Crippen molar-refractivity contribution in [2.24, 2.45) is 0 Å². The van der Waals surface area contributed by atoms with Gasteiger partial charge in [-0.25, -0.2) is 0 Å². The number of fused-ring (bicyclic) bond motifs is 6. The number of benzene rings is 11. The number of aromatic nitrogens is 1. The average molecular weight is 897 g/mol. The fraction of sp³-hybridized carbons (Fsp3) is 0. The number of hydrogen-bond acceptors (Lipinski definition) is 2. The van der Waals surface area contributed by atoms with Gasteiger partial charge in [-0.2, -0.15) is 0 Å². The first-order valence-electron chi connectivity index (χ1n) is 23.6. The van der Waals surface area contributed by atoms with Crippen LogP contribution < -0.4 is 4.90 Å². The standard InChI is InChI=1S/C66H44N2S/c1-2-16-48(17-3-1)53-18-4-5-19-54(53)55-20-6-7-21-56(55)57-22-8-12-26-62(57)67(51-39-34-47(35-40-51)49-36-43-66-61(44-49)60-25-11-15-29-65(60)69-66)50-37-30-45(31-38-50)46-32-41-52(42-33-46)68-63-27-13-9-23-58(63)59-24-10-14-28-64(59)68/h1-44H. The van der Waals surface area contributed by atoms with E-state index in [-0.39, 0.29) is 0 Å². The van der Waals surface area contributed by atoms with E-state index >= 15 is 0 Å². The van der Waals surface area contributed by atoms with Gasteiger partial charge in [0.15, 0.2) is 0 Å². The summed E-state index contributed by atoms with van der Waals surface area (Å²) >= 11 is 1.86. The summed E-state index contributed by atoms with van der Waals surface area (Å²) in [4.78, 5) is 2.42. The first kappa shape index (κ1) is 40.5. The van der Waals surface area contributed by atoms with Crippen LogP contribution in [0.1, 0.15) is 0 Å². The highest BCUT2D eigenvalue weighted by Crippen LogP contribution is 2.46. The summed E-state index contributed by atoms with van der Waals surface area (Å²) in [6, 6.07) is 97.4. The van der Waals surface area contributed by atoms with Crippen LogP contribution in [0.4, 0.5) is 17.1 Å². The van der Waals surface area contributed by atoms with Crippen molar-refractivity contribution in [2.45, 2.75) is 0 Å². The van der Waals surface area contributed by atoms with E-state index in [1.165, 1.54) is 86.5 Å². The predicted molar refractivity (Wildman–Crippen MR) is 296 cm³/mol. The summed E-state index contributed by atoms with van der Waals surface area (Å²) in [5.41, 5.74) is 18.7. The zero-order valence-corrected chi connectivity index (χ0v) is 38.5. The van der Waals surface area contributed by atoms with Gasteiger partial charge in [-0.1, -0.05) is 194 Å². The molecule has 11 aromatic carbocycles. The molecule has 13 rings (SSSR count). The summed E-state index contributed by atoms with van der Waals surface area (Å²) in [6.07, 6.45) is 0. The molecule has 324 valence electrons. The summed E-state index contributed by atoms with van der Waals surface area (Å²) in [6.45, 7) is 0. The second kappa shape index (κ2) is 17.2. The van der Waals surface area contributed by atoms with E-state index in [1.54, 1.807) is 0 Å². The van der Waals surface area contributed by atoms with Crippen molar-refractivity contribution in [3.05, 3.63) is 267 Å². The monoisotopic (exact) mass is 896 g/mol. The summed E-state index contributed by atoms with van der Waals surface area (Å²) in [5, 5.41) is 5.15. The van der Waals surface area contributed by atoms with Gasteiger partial charge in [0.1, 0.15) is 0 Å². The largest absolute Gasteiger partial charge is 0.310 e. The van der Waals surface area contributed by atoms with Crippen LogP contribution in [0.15, 0.2) is 267 Å². The van der Waals surface area contributed by atoms with Crippen LogP contribution in [0.5, 0.6) is 0 Å². The third kappa shape index (κ3) is 7.20. The smallest absolute Gasteiger partial charge is 0.0541 e. The van der Waals surface area contributed by atoms with Crippen molar-refractivity contribution in [1.82, 2.24) is 4.57 Å². The van der Waals surface area contributed by atoms with Crippen molar-refractivity contribution in [3.8, 4) is 61.3 Å². The fourth-order valence-electron chi connectivity index (χ4n) is 10.4. The molecule has 0 amide bonds. The Bertz CT molecular complexity index is 3940. The predicted octanol–water partition coefficient (Wildman–Crippen LogP) is 19.0. The van der Waals surface area contributed by atoms with E-state index in [1.807, 2.05) is 11.3 Å². The molecular weight excluding hydrogens is 853 g/mol. The number of hydrogen-bond donors (Lipinski definition) is 0. The number of rotatable bonds is 9. The molecule has 0 saturated carbocycles. The molecule has 0 radical (unpaired) electrons. The van der Waals surface area contributed by atoms with E-state index in [0.29, 0.717) is 0 Å². The molecule has 0 N–H and O–H groups in total. The van der Waals surface area contributed by atoms with E-state index in [0.717, 1.165) is 33.9 Å². The SMILES string of the molecule is c1ccc(-c2ccccc2-c2ccccc2-c2ccccc2N(c2ccc(-c3ccc(-n4c5ccccc5c5ccccc54)cc3)cc2)c2ccc(-c3ccc4sc5ccccc5c4c3)cc2)cc1. The zero-order valence-electron chi connectivity index (χ0n) is 37.7. The topological polar surface area (TPSA) is 8.17 Å². The Kier molecular flexibility index (Phi) is 10.1. The second-order valence-corrected chi connectivity index (χ2v) is 18.7. The first-order valence-corrected chi connectivity index (χ1v) is 24.4. The van der Waals surface area contributed by atoms with Gasteiger partial charge in [-0.15, -0.1) is 11.3 Å². The lowest BCUT2D eigenvalue weighted by Crippen LogP contribution is -2.11. The highest BCUT2D eigenvalue weighted by Gasteiger charge is 2.21. The quantitative estimate of drug-likeness (QED) is 0.140. The van der Waals surface area contributed by atoms with Gasteiger partial charge >= 0.3 is 0 Å². The Morgan fingerprint density at radius 2 is 0.710 bits per heavy atom. The van der Waals surface area contributed by atoms with Gasteiger partial charge < -0.3 is 9.47 Å². The second-order valence-electron chi connectivity index (χ2n) is 17.6. The minimum Gasteiger partial charge on any atom is -0.310 e. The Labute approximate surface area is 405 Å². The van der Waals surface area contributed by atoms with Crippen LogP contribution in [-0.2, 0) is 0 Å². The molecule has 69 heavy (non-hydrogen) atoms. The zero-order chi connectivity index (χ0) is 45.7. The lowest BCUT2D eigenvalue weighted by atomic mass is 9.88. The third-order valence-corrected chi connectivity index (χ3v) is 14.8. The van der Waals surface area contributed by atoms with Gasteiger partial charge in [0.05, 0.1) is 16.7 Å². The lowest BCUT2D eigenvalue weighted by molar-refractivity contribution is 1.18. The number of para-hydroxylation sites is 3. The molecule has 0 atom stereocenters. The molecule has 0 unspecified atom stereocenters. The van der Waals surface area contributed by atoms with Gasteiger partial charge in [0.2, 0.25) is 0 Å². The van der Waals surface area contributed by atoms with Crippen LogP contribution in [0.25, 0.3) is 103 Å². The van der Waals surface area contributed by atoms with Gasteiger partial charge in [0, 0.05) is 53.6 Å². The number of nitrogens with zero attached hydrogens (tertiary/aromatic N) is 2. The molecule has 2 nitrogen and oxygen atoms in total. The van der Waals surface area contributed by atoms with Crippen LogP contribution in [0, 0.1) is 0 Å². The maximum absolute atomic E-state index is 2.42. The normalized spacial score (nSPS) is 11.5. The maximum Gasteiger partial charge on any atom is 0.0541 e. The highest BCUT2D eigenvalue weighted by molar-refractivity contribution is 7.25. The molecule has 3 heteroatoms. The molecule has 0 fully saturated rings. The van der Waals surface area contributed by atoms with Crippen molar-refractivity contribution in [2.75, 3.05) is 4.90 Å². The lowest BCUT2D eigenvalue weighted by Gasteiger charge is -2.29. The van der Waals surface area contributed by atoms with Crippen molar-refractivity contribution in [1.29, 1.82) is 0 Å². The van der Waals surface area contributed by atoms with Crippen molar-refractivity contribution >= 4 is 70.4 Å². The Hall–Kier alpha value is -8.76. The van der Waals surface area contributed by atoms with E-state index < -0.39 is 0 Å². The average Bonchev–Trinajstić information content (AvgIpc) is 3.97. The number of thiophene rings is 1. The third-order valence-electron chi connectivity index (χ3n) is 13.7. The van der Waals surface area contributed by atoms with E-state index in [4.69, 9.17) is 0 Å². The molecule has 0 spiro atoms. The van der Waals surface area contributed by atoms with Crippen LogP contribution in [0.2, 0.25) is 0 Å². The molecule has 13 aromatic rings. The molecule has 0 saturated heterocycles. The molecule has 0 bridgehead atoms. The Morgan fingerprint density at radius 1 is 0.275 bits per heavy atom. The van der Waals surface area contributed by atoms with Crippen molar-refractivity contribution < 1.29 is 0 Å². The van der Waals surface area contributed by atoms with Crippen LogP contribution >= 0.6 is 11.3 Å². The van der Waals surface area contributed by atoms with Crippen molar-refractivity contribution in [3.63, 3.8) is 0 Å². The molecule has 2 aromatic heterocycles. The molecule has 2 heterocycles. The maximum atomic E-state index is 2.42. The molecule has 0 aliphatic carbocycles. The summed E-state index contributed by atoms with van der Waals surface area (Å²) in [7, 11) is 0. The van der Waals surface area contributed by atoms with Gasteiger partial charge in [-0.3, -0.25) is 0 Å². The minimum atomic E-state index is 1.08. The van der Waals surface area contributed by atoms with Crippen LogP contribution in [-0.4, -0.2) is 4.57 Å². The molecule has 0 aliphatic heterocycles. The van der Waals surface area contributed by atoms with E-state index in [2.05, 4.69) is 276 Å². The van der Waals surface area contributed by atoms with Gasteiger partial charge in [0.25, 0.3) is 0 Å².